The third-order valence-electron chi connectivity index (χ3n) is 4.98. The molecule has 2 aromatic rings. The molecular weight excluding hydrogens is 318 g/mol. The maximum Gasteiger partial charge on any atom is 0.253 e. The number of ether oxygens (including phenoxy) is 1. The second-order valence-corrected chi connectivity index (χ2v) is 6.89. The molecule has 132 valence electrons. The molecule has 0 saturated carbocycles. The Morgan fingerprint density at radius 3 is 3.16 bits per heavy atom. The van der Waals surface area contributed by atoms with Gasteiger partial charge in [0.05, 0.1) is 36.2 Å². The summed E-state index contributed by atoms with van der Waals surface area (Å²) in [5.74, 6) is 0.996. The maximum atomic E-state index is 12.8. The van der Waals surface area contributed by atoms with E-state index in [0.29, 0.717) is 13.2 Å². The summed E-state index contributed by atoms with van der Waals surface area (Å²) in [5.41, 5.74) is 3.79. The van der Waals surface area contributed by atoms with Gasteiger partial charge in [-0.3, -0.25) is 4.79 Å². The van der Waals surface area contributed by atoms with Crippen LogP contribution in [0.4, 0.5) is 5.69 Å². The molecule has 0 radical (unpaired) electrons. The fraction of sp³-hybridized carbons (Fsp3) is 0.474. The first-order valence-electron chi connectivity index (χ1n) is 8.87. The van der Waals surface area contributed by atoms with Crippen LogP contribution >= 0.6 is 0 Å². The maximum absolute atomic E-state index is 12.8. The normalized spacial score (nSPS) is 22.3. The Balaban J connectivity index is 1.46. The number of carbonyl (C=O) groups excluding carboxylic acids is 1. The average molecular weight is 341 g/mol. The summed E-state index contributed by atoms with van der Waals surface area (Å²) in [7, 11) is 0. The molecule has 2 N–H and O–H groups in total. The van der Waals surface area contributed by atoms with Gasteiger partial charge in [-0.15, -0.1) is 0 Å². The molecule has 3 heterocycles. The number of aryl methyl sites for hydroxylation is 2. The van der Waals surface area contributed by atoms with Crippen LogP contribution in [-0.4, -0.2) is 36.9 Å². The summed E-state index contributed by atoms with van der Waals surface area (Å²) in [4.78, 5) is 12.8. The molecule has 0 bridgehead atoms. The van der Waals surface area contributed by atoms with Gasteiger partial charge in [0.2, 0.25) is 0 Å². The Morgan fingerprint density at radius 2 is 2.32 bits per heavy atom. The highest BCUT2D eigenvalue weighted by Crippen LogP contribution is 2.27. The van der Waals surface area contributed by atoms with Gasteiger partial charge in [0.15, 0.2) is 0 Å². The van der Waals surface area contributed by atoms with Crippen LogP contribution in [0.25, 0.3) is 0 Å². The summed E-state index contributed by atoms with van der Waals surface area (Å²) in [6, 6.07) is 7.86. The van der Waals surface area contributed by atoms with E-state index in [-0.39, 0.29) is 17.9 Å². The van der Waals surface area contributed by atoms with Gasteiger partial charge in [-0.1, -0.05) is 17.3 Å². The molecule has 1 fully saturated rings. The summed E-state index contributed by atoms with van der Waals surface area (Å²) < 4.78 is 10.9. The Morgan fingerprint density at radius 1 is 1.40 bits per heavy atom. The lowest BCUT2D eigenvalue weighted by molar-refractivity contribution is 0.0925. The molecular formula is C19H23N3O3. The van der Waals surface area contributed by atoms with Crippen molar-refractivity contribution in [3.63, 3.8) is 0 Å². The fourth-order valence-corrected chi connectivity index (χ4v) is 3.68. The number of anilines is 1. The first kappa shape index (κ1) is 16.1. The van der Waals surface area contributed by atoms with Crippen LogP contribution in [0, 0.1) is 12.8 Å². The molecule has 6 nitrogen and oxygen atoms in total. The number of rotatable bonds is 4. The van der Waals surface area contributed by atoms with Crippen molar-refractivity contribution in [1.82, 2.24) is 10.5 Å². The predicted octanol–water partition coefficient (Wildman–Crippen LogP) is 2.33. The number of benzene rings is 1. The quantitative estimate of drug-likeness (QED) is 0.893. The van der Waals surface area contributed by atoms with E-state index in [0.717, 1.165) is 48.5 Å². The summed E-state index contributed by atoms with van der Waals surface area (Å²) in [6.07, 6.45) is 2.84. The van der Waals surface area contributed by atoms with E-state index in [9.17, 15) is 4.79 Å². The molecule has 2 atom stereocenters. The lowest BCUT2D eigenvalue weighted by Gasteiger charge is -2.23. The Hall–Kier alpha value is -2.34. The highest BCUT2D eigenvalue weighted by atomic mass is 16.5. The summed E-state index contributed by atoms with van der Waals surface area (Å²) in [6.45, 7) is 3.97. The van der Waals surface area contributed by atoms with E-state index < -0.39 is 0 Å². The van der Waals surface area contributed by atoms with Crippen molar-refractivity contribution in [3.8, 4) is 0 Å². The van der Waals surface area contributed by atoms with Crippen molar-refractivity contribution in [2.75, 3.05) is 25.1 Å². The first-order valence-corrected chi connectivity index (χ1v) is 8.87. The SMILES string of the molecule is Cc1cc(CC2COCC2NC(=O)c2cccc3c2NCCC3)on1. The smallest absolute Gasteiger partial charge is 0.253 e. The zero-order valence-corrected chi connectivity index (χ0v) is 14.4. The van der Waals surface area contributed by atoms with Crippen molar-refractivity contribution in [2.45, 2.75) is 32.2 Å². The van der Waals surface area contributed by atoms with E-state index in [1.807, 2.05) is 25.1 Å². The lowest BCUT2D eigenvalue weighted by atomic mass is 9.96. The second-order valence-electron chi connectivity index (χ2n) is 6.89. The van der Waals surface area contributed by atoms with Gasteiger partial charge < -0.3 is 19.9 Å². The van der Waals surface area contributed by atoms with Crippen LogP contribution in [0.5, 0.6) is 0 Å². The summed E-state index contributed by atoms with van der Waals surface area (Å²) >= 11 is 0. The Kier molecular flexibility index (Phi) is 4.44. The van der Waals surface area contributed by atoms with E-state index in [4.69, 9.17) is 9.26 Å². The minimum Gasteiger partial charge on any atom is -0.384 e. The highest BCUT2D eigenvalue weighted by Gasteiger charge is 2.31. The number of amides is 1. The van der Waals surface area contributed by atoms with Crippen molar-refractivity contribution >= 4 is 11.6 Å². The first-order chi connectivity index (χ1) is 12.2. The fourth-order valence-electron chi connectivity index (χ4n) is 3.68. The van der Waals surface area contributed by atoms with Crippen LogP contribution in [0.3, 0.4) is 0 Å². The largest absolute Gasteiger partial charge is 0.384 e. The molecule has 1 amide bonds. The van der Waals surface area contributed by atoms with Gasteiger partial charge in [0.1, 0.15) is 5.76 Å². The van der Waals surface area contributed by atoms with Crippen molar-refractivity contribution in [1.29, 1.82) is 0 Å². The minimum atomic E-state index is -0.0412. The van der Waals surface area contributed by atoms with Crippen molar-refractivity contribution in [3.05, 3.63) is 46.8 Å². The lowest BCUT2D eigenvalue weighted by Crippen LogP contribution is -2.41. The van der Waals surface area contributed by atoms with Gasteiger partial charge in [-0.25, -0.2) is 0 Å². The molecule has 0 aliphatic carbocycles. The van der Waals surface area contributed by atoms with Gasteiger partial charge in [-0.2, -0.15) is 0 Å². The van der Waals surface area contributed by atoms with Crippen LogP contribution in [-0.2, 0) is 17.6 Å². The van der Waals surface area contributed by atoms with Crippen LogP contribution < -0.4 is 10.6 Å². The van der Waals surface area contributed by atoms with Crippen LogP contribution in [0.1, 0.15) is 33.8 Å². The van der Waals surface area contributed by atoms with Gasteiger partial charge >= 0.3 is 0 Å². The third kappa shape index (κ3) is 3.39. The molecule has 2 aliphatic rings. The number of fused-ring (bicyclic) bond motifs is 1. The van der Waals surface area contributed by atoms with E-state index in [1.54, 1.807) is 0 Å². The second kappa shape index (κ2) is 6.88. The molecule has 0 spiro atoms. The van der Waals surface area contributed by atoms with E-state index >= 15 is 0 Å². The number of aromatic nitrogens is 1. The van der Waals surface area contributed by atoms with Gasteiger partial charge in [-0.05, 0) is 31.4 Å². The van der Waals surface area contributed by atoms with Gasteiger partial charge in [0, 0.05) is 24.9 Å². The van der Waals surface area contributed by atoms with Crippen LogP contribution in [0.2, 0.25) is 0 Å². The number of nitrogens with zero attached hydrogens (tertiary/aromatic N) is 1. The number of para-hydroxylation sites is 1. The number of hydrogen-bond acceptors (Lipinski definition) is 5. The Bertz CT molecular complexity index is 771. The number of nitrogens with one attached hydrogen (secondary N) is 2. The van der Waals surface area contributed by atoms with Crippen molar-refractivity contribution in [2.24, 2.45) is 5.92 Å². The standard InChI is InChI=1S/C19H23N3O3/c1-12-8-15(25-22-12)9-14-10-24-11-17(14)21-19(23)16-6-2-4-13-5-3-7-20-18(13)16/h2,4,6,8,14,17,20H,3,5,7,9-11H2,1H3,(H,21,23). The predicted molar refractivity (Wildman–Crippen MR) is 93.8 cm³/mol. The molecule has 4 rings (SSSR count). The zero-order chi connectivity index (χ0) is 17.2. The van der Waals surface area contributed by atoms with Gasteiger partial charge in [0.25, 0.3) is 5.91 Å². The Labute approximate surface area is 146 Å². The number of hydrogen-bond donors (Lipinski definition) is 2. The number of carbonyl (C=O) groups is 1. The van der Waals surface area contributed by atoms with Crippen molar-refractivity contribution < 1.29 is 14.1 Å². The molecule has 1 aromatic carbocycles. The van der Waals surface area contributed by atoms with Crippen LogP contribution in [0.15, 0.2) is 28.8 Å². The topological polar surface area (TPSA) is 76.4 Å². The molecule has 1 saturated heterocycles. The molecule has 1 aromatic heterocycles. The third-order valence-corrected chi connectivity index (χ3v) is 4.98. The summed E-state index contributed by atoms with van der Waals surface area (Å²) in [5, 5.41) is 10.5. The molecule has 25 heavy (non-hydrogen) atoms. The molecule has 2 aliphatic heterocycles. The average Bonchev–Trinajstić information content (AvgIpc) is 3.23. The molecule has 6 heteroatoms. The molecule has 2 unspecified atom stereocenters. The van der Waals surface area contributed by atoms with E-state index in [1.165, 1.54) is 5.56 Å². The van der Waals surface area contributed by atoms with E-state index in [2.05, 4.69) is 21.9 Å². The minimum absolute atomic E-state index is 0.0163. The monoisotopic (exact) mass is 341 g/mol. The highest BCUT2D eigenvalue weighted by molar-refractivity contribution is 6.00. The zero-order valence-electron chi connectivity index (χ0n) is 14.4.